The first-order valence-corrected chi connectivity index (χ1v) is 9.11. The second-order valence-corrected chi connectivity index (χ2v) is 6.82. The Bertz CT molecular complexity index is 1270. The number of carbonyl (C=O) groups excluding carboxylic acids is 1. The van der Waals surface area contributed by atoms with Crippen molar-refractivity contribution >= 4 is 28.2 Å². The Hall–Kier alpha value is -3.42. The van der Waals surface area contributed by atoms with Crippen LogP contribution >= 0.6 is 0 Å². The van der Waals surface area contributed by atoms with Crippen LogP contribution in [0.1, 0.15) is 24.0 Å². The van der Waals surface area contributed by atoms with Gasteiger partial charge < -0.3 is 13.6 Å². The van der Waals surface area contributed by atoms with Gasteiger partial charge in [-0.05, 0) is 48.9 Å². The Kier molecular flexibility index (Phi) is 3.78. The number of fused-ring (bicyclic) bond motifs is 5. The summed E-state index contributed by atoms with van der Waals surface area (Å²) in [6, 6.07) is 3.69. The van der Waals surface area contributed by atoms with Crippen LogP contribution < -0.4 is 5.56 Å². The van der Waals surface area contributed by atoms with Gasteiger partial charge in [-0.3, -0.25) is 14.2 Å². The normalized spacial score (nSPS) is 13.8. The minimum Gasteiger partial charge on any atom is -0.468 e. The van der Waals surface area contributed by atoms with Crippen LogP contribution in [-0.4, -0.2) is 27.6 Å². The molecule has 0 spiro atoms. The van der Waals surface area contributed by atoms with Gasteiger partial charge in [-0.1, -0.05) is 0 Å². The number of aryl methyl sites for hydroxylation is 1. The summed E-state index contributed by atoms with van der Waals surface area (Å²) in [7, 11) is 1.27. The van der Waals surface area contributed by atoms with E-state index in [2.05, 4.69) is 14.7 Å². The Morgan fingerprint density at radius 3 is 2.86 bits per heavy atom. The molecule has 0 aliphatic heterocycles. The molecule has 28 heavy (non-hydrogen) atoms. The average molecular weight is 379 g/mol. The Morgan fingerprint density at radius 1 is 1.29 bits per heavy atom. The Balaban J connectivity index is 1.80. The molecule has 0 N–H and O–H groups in total. The number of rotatable bonds is 3. The summed E-state index contributed by atoms with van der Waals surface area (Å²) in [6.07, 6.45) is 6.84. The second kappa shape index (κ2) is 6.33. The third-order valence-corrected chi connectivity index (χ3v) is 5.20. The van der Waals surface area contributed by atoms with E-state index in [9.17, 15) is 9.59 Å². The predicted octanol–water partition coefficient (Wildman–Crippen LogP) is 2.85. The molecule has 4 aromatic heterocycles. The summed E-state index contributed by atoms with van der Waals surface area (Å²) >= 11 is 0. The number of aromatic nitrogens is 3. The van der Waals surface area contributed by atoms with E-state index < -0.39 is 11.5 Å². The quantitative estimate of drug-likeness (QED) is 0.505. The summed E-state index contributed by atoms with van der Waals surface area (Å²) in [5, 5.41) is 0.780. The van der Waals surface area contributed by atoms with Crippen molar-refractivity contribution in [1.29, 1.82) is 0 Å². The molecule has 0 saturated carbocycles. The van der Waals surface area contributed by atoms with E-state index in [0.29, 0.717) is 17.0 Å². The standard InChI is InChI=1S/C20H17N3O5/c1-26-14(24)9-23-10-21-17-15-11-5-2-3-6-12(11)16(13-7-4-8-27-13)22-19(15)28-18(17)20(23)25/h4,7-8,10H,2-3,5-6,9H2,1H3. The second-order valence-electron chi connectivity index (χ2n) is 6.82. The van der Waals surface area contributed by atoms with Gasteiger partial charge in [-0.25, -0.2) is 9.97 Å². The molecule has 0 atom stereocenters. The lowest BCUT2D eigenvalue weighted by atomic mass is 9.88. The highest BCUT2D eigenvalue weighted by molar-refractivity contribution is 6.04. The number of carbonyl (C=O) groups is 1. The summed E-state index contributed by atoms with van der Waals surface area (Å²) in [5.41, 5.74) is 3.49. The van der Waals surface area contributed by atoms with Gasteiger partial charge in [0.15, 0.2) is 5.76 Å². The van der Waals surface area contributed by atoms with E-state index in [0.717, 1.165) is 47.9 Å². The van der Waals surface area contributed by atoms with E-state index in [1.54, 1.807) is 6.26 Å². The van der Waals surface area contributed by atoms with E-state index in [-0.39, 0.29) is 12.1 Å². The molecule has 5 rings (SSSR count). The van der Waals surface area contributed by atoms with E-state index in [1.165, 1.54) is 18.0 Å². The zero-order valence-electron chi connectivity index (χ0n) is 15.2. The zero-order valence-corrected chi connectivity index (χ0v) is 15.2. The zero-order chi connectivity index (χ0) is 19.3. The van der Waals surface area contributed by atoms with Crippen molar-refractivity contribution in [3.05, 3.63) is 46.2 Å². The topological polar surface area (TPSA) is 100 Å². The Labute approximate surface area is 158 Å². The number of pyridine rings is 1. The lowest BCUT2D eigenvalue weighted by Crippen LogP contribution is -2.24. The number of hydrogen-bond donors (Lipinski definition) is 0. The van der Waals surface area contributed by atoms with Crippen LogP contribution in [0.3, 0.4) is 0 Å². The maximum atomic E-state index is 12.8. The molecule has 0 radical (unpaired) electrons. The maximum Gasteiger partial charge on any atom is 0.325 e. The highest BCUT2D eigenvalue weighted by Gasteiger charge is 2.26. The number of ether oxygens (including phenoxy) is 1. The number of nitrogens with zero attached hydrogens (tertiary/aromatic N) is 3. The number of methoxy groups -OCH3 is 1. The fourth-order valence-corrected chi connectivity index (χ4v) is 3.88. The van der Waals surface area contributed by atoms with Crippen molar-refractivity contribution in [2.24, 2.45) is 0 Å². The van der Waals surface area contributed by atoms with Gasteiger partial charge in [0.1, 0.15) is 17.8 Å². The molecule has 4 heterocycles. The molecule has 1 aliphatic rings. The van der Waals surface area contributed by atoms with E-state index in [1.807, 2.05) is 12.1 Å². The van der Waals surface area contributed by atoms with Crippen molar-refractivity contribution in [2.75, 3.05) is 7.11 Å². The molecule has 0 bridgehead atoms. The highest BCUT2D eigenvalue weighted by Crippen LogP contribution is 2.38. The molecule has 0 saturated heterocycles. The van der Waals surface area contributed by atoms with Crippen LogP contribution in [0.5, 0.6) is 0 Å². The highest BCUT2D eigenvalue weighted by atomic mass is 16.5. The van der Waals surface area contributed by atoms with Crippen molar-refractivity contribution in [1.82, 2.24) is 14.5 Å². The molecule has 4 aromatic rings. The van der Waals surface area contributed by atoms with Crippen molar-refractivity contribution < 1.29 is 18.4 Å². The molecular weight excluding hydrogens is 362 g/mol. The molecule has 1 aliphatic carbocycles. The molecular formula is C20H17N3O5. The largest absolute Gasteiger partial charge is 0.468 e. The number of esters is 1. The first-order chi connectivity index (χ1) is 13.7. The fraction of sp³-hybridized carbons (Fsp3) is 0.300. The van der Waals surface area contributed by atoms with Crippen molar-refractivity contribution in [2.45, 2.75) is 32.2 Å². The lowest BCUT2D eigenvalue weighted by Gasteiger charge is -2.18. The van der Waals surface area contributed by atoms with Crippen LogP contribution in [0.15, 0.2) is 38.4 Å². The van der Waals surface area contributed by atoms with Crippen LogP contribution in [0.2, 0.25) is 0 Å². The Morgan fingerprint density at radius 2 is 2.11 bits per heavy atom. The first-order valence-electron chi connectivity index (χ1n) is 9.11. The molecule has 142 valence electrons. The fourth-order valence-electron chi connectivity index (χ4n) is 3.88. The molecule has 8 heteroatoms. The number of furan rings is 2. The van der Waals surface area contributed by atoms with Crippen molar-refractivity contribution in [3.63, 3.8) is 0 Å². The summed E-state index contributed by atoms with van der Waals surface area (Å²) in [5.74, 6) is 0.145. The van der Waals surface area contributed by atoms with Crippen LogP contribution in [0, 0.1) is 0 Å². The minimum absolute atomic E-state index is 0.0956. The third-order valence-electron chi connectivity index (χ3n) is 5.20. The van der Waals surface area contributed by atoms with Gasteiger partial charge in [0, 0.05) is 0 Å². The smallest absolute Gasteiger partial charge is 0.325 e. The monoisotopic (exact) mass is 379 g/mol. The minimum atomic E-state index is -0.532. The third kappa shape index (κ3) is 2.45. The van der Waals surface area contributed by atoms with Crippen molar-refractivity contribution in [3.8, 4) is 11.5 Å². The first kappa shape index (κ1) is 16.7. The summed E-state index contributed by atoms with van der Waals surface area (Å²) < 4.78 is 17.2. The van der Waals surface area contributed by atoms with E-state index in [4.69, 9.17) is 8.83 Å². The average Bonchev–Trinajstić information content (AvgIpc) is 3.37. The predicted molar refractivity (Wildman–Crippen MR) is 99.9 cm³/mol. The van der Waals surface area contributed by atoms with Gasteiger partial charge in [0.2, 0.25) is 11.3 Å². The molecule has 0 unspecified atom stereocenters. The molecule has 8 nitrogen and oxygen atoms in total. The SMILES string of the molecule is COC(=O)Cn1cnc2c(oc3nc(-c4ccco4)c4c(c32)CCCC4)c1=O. The van der Waals surface area contributed by atoms with Crippen LogP contribution in [0.4, 0.5) is 0 Å². The van der Waals surface area contributed by atoms with Gasteiger partial charge in [-0.15, -0.1) is 0 Å². The van der Waals surface area contributed by atoms with Gasteiger partial charge in [0.05, 0.1) is 25.1 Å². The summed E-state index contributed by atoms with van der Waals surface area (Å²) in [4.78, 5) is 33.4. The van der Waals surface area contributed by atoms with Gasteiger partial charge in [-0.2, -0.15) is 0 Å². The maximum absolute atomic E-state index is 12.8. The summed E-state index contributed by atoms with van der Waals surface area (Å²) in [6.45, 7) is -0.224. The van der Waals surface area contributed by atoms with Crippen LogP contribution in [0.25, 0.3) is 33.7 Å². The van der Waals surface area contributed by atoms with Crippen LogP contribution in [-0.2, 0) is 28.9 Å². The number of hydrogen-bond acceptors (Lipinski definition) is 7. The molecule has 0 fully saturated rings. The molecule has 0 aromatic carbocycles. The van der Waals surface area contributed by atoms with E-state index >= 15 is 0 Å². The van der Waals surface area contributed by atoms with Gasteiger partial charge >= 0.3 is 5.97 Å². The molecule has 0 amide bonds. The lowest BCUT2D eigenvalue weighted by molar-refractivity contribution is -0.141. The van der Waals surface area contributed by atoms with Gasteiger partial charge in [0.25, 0.3) is 5.56 Å².